The molecule has 1 aromatic rings. The second kappa shape index (κ2) is 8.90. The number of hydrogen-bond donors (Lipinski definition) is 0. The van der Waals surface area contributed by atoms with Crippen molar-refractivity contribution >= 4 is 12.0 Å². The SMILES string of the molecule is CCOC(=O)N1CCC(N(C[C@@H]2CCOC2)C(=O)c2ccc3c(c2)OCO3)CC1. The van der Waals surface area contributed by atoms with Gasteiger partial charge in [0.1, 0.15) is 0 Å². The van der Waals surface area contributed by atoms with E-state index in [9.17, 15) is 9.59 Å². The van der Waals surface area contributed by atoms with Gasteiger partial charge < -0.3 is 28.7 Å². The molecule has 1 atom stereocenters. The summed E-state index contributed by atoms with van der Waals surface area (Å²) in [6.07, 6.45) is 2.17. The summed E-state index contributed by atoms with van der Waals surface area (Å²) >= 11 is 0. The monoisotopic (exact) mass is 404 g/mol. The van der Waals surface area contributed by atoms with E-state index in [2.05, 4.69) is 0 Å². The number of amides is 2. The molecule has 0 radical (unpaired) electrons. The maximum absolute atomic E-state index is 13.4. The highest BCUT2D eigenvalue weighted by Crippen LogP contribution is 2.33. The van der Waals surface area contributed by atoms with E-state index in [-0.39, 0.29) is 24.8 Å². The number of ether oxygens (including phenoxy) is 4. The lowest BCUT2D eigenvalue weighted by molar-refractivity contribution is 0.0486. The summed E-state index contributed by atoms with van der Waals surface area (Å²) in [6.45, 7) is 5.64. The van der Waals surface area contributed by atoms with Crippen LogP contribution in [0.4, 0.5) is 4.79 Å². The number of carbonyl (C=O) groups excluding carboxylic acids is 2. The fraction of sp³-hybridized carbons (Fsp3) is 0.619. The van der Waals surface area contributed by atoms with Crippen LogP contribution in [0.3, 0.4) is 0 Å². The van der Waals surface area contributed by atoms with Gasteiger partial charge in [0.25, 0.3) is 5.91 Å². The van der Waals surface area contributed by atoms with Crippen LogP contribution in [0, 0.1) is 5.92 Å². The van der Waals surface area contributed by atoms with Gasteiger partial charge in [-0.15, -0.1) is 0 Å². The Balaban J connectivity index is 1.48. The number of piperidine rings is 1. The van der Waals surface area contributed by atoms with Crippen molar-refractivity contribution in [3.05, 3.63) is 23.8 Å². The van der Waals surface area contributed by atoms with Gasteiger partial charge in [-0.05, 0) is 44.4 Å². The zero-order valence-electron chi connectivity index (χ0n) is 16.8. The van der Waals surface area contributed by atoms with Crippen molar-refractivity contribution in [2.45, 2.75) is 32.2 Å². The van der Waals surface area contributed by atoms with Crippen LogP contribution < -0.4 is 9.47 Å². The molecular formula is C21H28N2O6. The minimum atomic E-state index is -0.274. The first-order valence-electron chi connectivity index (χ1n) is 10.4. The quantitative estimate of drug-likeness (QED) is 0.751. The number of benzene rings is 1. The summed E-state index contributed by atoms with van der Waals surface area (Å²) in [4.78, 5) is 29.1. The summed E-state index contributed by atoms with van der Waals surface area (Å²) in [6, 6.07) is 5.42. The summed E-state index contributed by atoms with van der Waals surface area (Å²) in [5.74, 6) is 1.61. The average Bonchev–Trinajstić information content (AvgIpc) is 3.43. The maximum atomic E-state index is 13.4. The van der Waals surface area contributed by atoms with Crippen LogP contribution in [0.15, 0.2) is 18.2 Å². The Bertz CT molecular complexity index is 741. The normalized spacial score (nSPS) is 21.3. The highest BCUT2D eigenvalue weighted by molar-refractivity contribution is 5.95. The Labute approximate surface area is 170 Å². The molecule has 158 valence electrons. The Hall–Kier alpha value is -2.48. The number of carbonyl (C=O) groups is 2. The van der Waals surface area contributed by atoms with E-state index < -0.39 is 0 Å². The van der Waals surface area contributed by atoms with Gasteiger partial charge in [-0.25, -0.2) is 4.79 Å². The minimum Gasteiger partial charge on any atom is -0.454 e. The number of rotatable bonds is 5. The largest absolute Gasteiger partial charge is 0.454 e. The second-order valence-electron chi connectivity index (χ2n) is 7.67. The summed E-state index contributed by atoms with van der Waals surface area (Å²) in [5.41, 5.74) is 0.598. The smallest absolute Gasteiger partial charge is 0.409 e. The summed E-state index contributed by atoms with van der Waals surface area (Å²) < 4.78 is 21.4. The van der Waals surface area contributed by atoms with Gasteiger partial charge >= 0.3 is 6.09 Å². The van der Waals surface area contributed by atoms with Crippen LogP contribution in [0.25, 0.3) is 0 Å². The minimum absolute atomic E-state index is 0.00946. The molecule has 0 aliphatic carbocycles. The molecule has 8 nitrogen and oxygen atoms in total. The van der Waals surface area contributed by atoms with E-state index in [0.717, 1.165) is 25.9 Å². The van der Waals surface area contributed by atoms with E-state index in [1.165, 1.54) is 0 Å². The Morgan fingerprint density at radius 1 is 1.17 bits per heavy atom. The molecule has 29 heavy (non-hydrogen) atoms. The third kappa shape index (κ3) is 4.42. The lowest BCUT2D eigenvalue weighted by Gasteiger charge is -2.39. The standard InChI is InChI=1S/C21H28N2O6/c1-2-27-21(25)22-8-5-17(6-9-22)23(12-15-7-10-26-13-15)20(24)16-3-4-18-19(11-16)29-14-28-18/h3-4,11,15,17H,2,5-10,12-14H2,1H3/t15-/m0/s1. The van der Waals surface area contributed by atoms with Crippen LogP contribution in [-0.4, -0.2) is 74.1 Å². The fourth-order valence-corrected chi connectivity index (χ4v) is 4.17. The Morgan fingerprint density at radius 3 is 2.69 bits per heavy atom. The van der Waals surface area contributed by atoms with Gasteiger partial charge in [0, 0.05) is 43.8 Å². The highest BCUT2D eigenvalue weighted by atomic mass is 16.7. The van der Waals surface area contributed by atoms with Crippen molar-refractivity contribution in [2.75, 3.05) is 46.2 Å². The Kier molecular flexibility index (Phi) is 6.08. The van der Waals surface area contributed by atoms with Crippen molar-refractivity contribution < 1.29 is 28.5 Å². The molecule has 0 aromatic heterocycles. The van der Waals surface area contributed by atoms with Crippen LogP contribution in [0.1, 0.15) is 36.5 Å². The molecule has 0 spiro atoms. The maximum Gasteiger partial charge on any atom is 0.409 e. The first kappa shape index (κ1) is 19.8. The van der Waals surface area contributed by atoms with Crippen molar-refractivity contribution in [3.63, 3.8) is 0 Å². The topological polar surface area (TPSA) is 77.5 Å². The zero-order valence-corrected chi connectivity index (χ0v) is 16.8. The number of likely N-dealkylation sites (tertiary alicyclic amines) is 1. The van der Waals surface area contributed by atoms with Gasteiger partial charge in [0.15, 0.2) is 11.5 Å². The molecule has 1 aromatic carbocycles. The van der Waals surface area contributed by atoms with Crippen molar-refractivity contribution in [1.29, 1.82) is 0 Å². The summed E-state index contributed by atoms with van der Waals surface area (Å²) in [5, 5.41) is 0. The number of nitrogens with zero attached hydrogens (tertiary/aromatic N) is 2. The van der Waals surface area contributed by atoms with Gasteiger partial charge in [-0.3, -0.25) is 4.79 Å². The third-order valence-electron chi connectivity index (χ3n) is 5.79. The van der Waals surface area contributed by atoms with Crippen LogP contribution in [0.5, 0.6) is 11.5 Å². The lowest BCUT2D eigenvalue weighted by Crippen LogP contribution is -2.50. The number of fused-ring (bicyclic) bond motifs is 1. The average molecular weight is 404 g/mol. The molecule has 8 heteroatoms. The Morgan fingerprint density at radius 2 is 1.97 bits per heavy atom. The van der Waals surface area contributed by atoms with Gasteiger partial charge in [0.05, 0.1) is 13.2 Å². The molecule has 0 saturated carbocycles. The van der Waals surface area contributed by atoms with Gasteiger partial charge in [-0.2, -0.15) is 0 Å². The van der Waals surface area contributed by atoms with Gasteiger partial charge in [-0.1, -0.05) is 0 Å². The molecule has 2 fully saturated rings. The predicted molar refractivity (Wildman–Crippen MR) is 104 cm³/mol. The van der Waals surface area contributed by atoms with Crippen molar-refractivity contribution in [3.8, 4) is 11.5 Å². The highest BCUT2D eigenvalue weighted by Gasteiger charge is 2.33. The predicted octanol–water partition coefficient (Wildman–Crippen LogP) is 2.51. The molecule has 3 heterocycles. The first-order valence-corrected chi connectivity index (χ1v) is 10.4. The van der Waals surface area contributed by atoms with E-state index in [0.29, 0.717) is 55.8 Å². The molecule has 0 N–H and O–H groups in total. The van der Waals surface area contributed by atoms with Crippen molar-refractivity contribution in [1.82, 2.24) is 9.80 Å². The van der Waals surface area contributed by atoms with Crippen LogP contribution >= 0.6 is 0 Å². The van der Waals surface area contributed by atoms with E-state index in [1.807, 2.05) is 4.90 Å². The third-order valence-corrected chi connectivity index (χ3v) is 5.79. The number of hydrogen-bond acceptors (Lipinski definition) is 6. The lowest BCUT2D eigenvalue weighted by atomic mass is 9.99. The molecule has 0 bridgehead atoms. The fourth-order valence-electron chi connectivity index (χ4n) is 4.17. The van der Waals surface area contributed by atoms with Gasteiger partial charge in [0.2, 0.25) is 6.79 Å². The van der Waals surface area contributed by atoms with Crippen molar-refractivity contribution in [2.24, 2.45) is 5.92 Å². The molecule has 4 rings (SSSR count). The summed E-state index contributed by atoms with van der Waals surface area (Å²) in [7, 11) is 0. The molecule has 0 unspecified atom stereocenters. The molecule has 2 amide bonds. The zero-order chi connectivity index (χ0) is 20.2. The van der Waals surface area contributed by atoms with Crippen LogP contribution in [0.2, 0.25) is 0 Å². The molecule has 3 aliphatic heterocycles. The van der Waals surface area contributed by atoms with E-state index in [4.69, 9.17) is 18.9 Å². The van der Waals surface area contributed by atoms with Crippen LogP contribution in [-0.2, 0) is 9.47 Å². The molecule has 3 aliphatic rings. The molecular weight excluding hydrogens is 376 g/mol. The molecule has 2 saturated heterocycles. The van der Waals surface area contributed by atoms with E-state index in [1.54, 1.807) is 30.0 Å². The second-order valence-corrected chi connectivity index (χ2v) is 7.67. The van der Waals surface area contributed by atoms with E-state index >= 15 is 0 Å². The first-order chi connectivity index (χ1) is 14.2.